The first kappa shape index (κ1) is 65.0. The molecule has 0 bridgehead atoms. The maximum absolute atomic E-state index is 14.2. The van der Waals surface area contributed by atoms with Crippen molar-refractivity contribution in [1.82, 2.24) is 25.3 Å². The van der Waals surface area contributed by atoms with Crippen molar-refractivity contribution in [2.45, 2.75) is 140 Å². The highest BCUT2D eigenvalue weighted by atomic mass is 32.2. The average molecular weight is 1240 g/mol. The quantitative estimate of drug-likeness (QED) is 0.0280. The molecule has 0 aromatic heterocycles. The molecule has 0 aliphatic carbocycles. The maximum Gasteiger partial charge on any atom is 0.312 e. The Labute approximate surface area is 524 Å². The van der Waals surface area contributed by atoms with Gasteiger partial charge in [-0.05, 0) is 159 Å². The van der Waals surface area contributed by atoms with Gasteiger partial charge >= 0.3 is 6.03 Å². The summed E-state index contributed by atoms with van der Waals surface area (Å²) in [4.78, 5) is 115. The molecule has 8 amide bonds. The molecule has 5 N–H and O–H groups in total. The maximum atomic E-state index is 14.2. The molecule has 1 saturated heterocycles. The van der Waals surface area contributed by atoms with Gasteiger partial charge in [0.25, 0.3) is 11.8 Å². The van der Waals surface area contributed by atoms with Gasteiger partial charge in [-0.1, -0.05) is 44.5 Å². The third-order valence-corrected chi connectivity index (χ3v) is 18.1. The first-order chi connectivity index (χ1) is 42.9. The number of nitrogens with two attached hydrogens (primary N) is 1. The van der Waals surface area contributed by atoms with Crippen molar-refractivity contribution >= 4 is 87.8 Å². The fourth-order valence-electron chi connectivity index (χ4n) is 12.1. The van der Waals surface area contributed by atoms with Crippen molar-refractivity contribution in [2.24, 2.45) is 22.6 Å². The molecular weight excluding hydrogens is 1150 g/mol. The van der Waals surface area contributed by atoms with Gasteiger partial charge in [-0.25, -0.2) is 4.79 Å². The SMILES string of the molecule is COc1ccc(C2=CN3C(=O)c4cc(OC)c(OCCCCCOc5cc6c(cc5C)C(=O)N5C=C(c7ccc(NC(=O)C(CCCNC(N)=O)CC(=O)C(NC(=O)CCCCCN8C(=O)CC(SC)C8=O)C(C)C)cc7)C[C@H]5CC6)cc4N=C[C@@H]3C2)cc1. The van der Waals surface area contributed by atoms with Gasteiger partial charge in [0.1, 0.15) is 11.5 Å². The number of thioether (sulfide) groups is 1. The number of ketones is 1. The molecule has 5 heterocycles. The molecule has 21 heteroatoms. The van der Waals surface area contributed by atoms with Crippen LogP contribution < -0.4 is 40.6 Å². The standard InChI is InChI=1S/C68H82N8O12S/c1-41(2)63(73-61(78)15-9-7-10-27-74-62(79)37-60(89-6)67(74)83)56(77)33-46(14-13-26-70-68(69)84)64(80)72-49-21-16-43(17-22-49)47-31-50-23-18-45-34-57(42(3)30-53(45)65(81)75(50)39-47)87-28-11-8-12-29-88-59-36-55-54(35-58(59)86-5)66(82)76-40-48(32-51(76)38-71-55)44-19-24-52(85-4)25-20-44/h16-17,19-22,24-25,30,34-36,38-41,46,50-51,60,63H,7-15,18,23,26-29,31-33,37H2,1-6H3,(H,72,80)(H,73,78)(H3,69,70,84)/t46?,50-,51+,60?,63?/m1/s1. The number of hydrogen-bond acceptors (Lipinski definition) is 14. The molecule has 0 saturated carbocycles. The van der Waals surface area contributed by atoms with Gasteiger partial charge < -0.3 is 50.4 Å². The average Bonchev–Trinajstić information content (AvgIpc) is 4.12. The first-order valence-corrected chi connectivity index (χ1v) is 32.2. The van der Waals surface area contributed by atoms with Gasteiger partial charge in [0, 0.05) is 86.7 Å². The molecule has 3 unspecified atom stereocenters. The Morgan fingerprint density at radius 3 is 2.12 bits per heavy atom. The summed E-state index contributed by atoms with van der Waals surface area (Å²) in [5.41, 5.74) is 13.3. The Kier molecular flexibility index (Phi) is 22.0. The summed E-state index contributed by atoms with van der Waals surface area (Å²) in [6.45, 7) is 7.09. The zero-order valence-electron chi connectivity index (χ0n) is 51.7. The van der Waals surface area contributed by atoms with Gasteiger partial charge in [-0.2, -0.15) is 11.8 Å². The van der Waals surface area contributed by atoms with E-state index in [1.165, 1.54) is 16.7 Å². The van der Waals surface area contributed by atoms with E-state index in [4.69, 9.17) is 29.7 Å². The highest BCUT2D eigenvalue weighted by Gasteiger charge is 2.39. The number of anilines is 1. The number of imide groups is 1. The van der Waals surface area contributed by atoms with Crippen LogP contribution in [0.4, 0.5) is 16.2 Å². The number of primary amides is 1. The number of aliphatic imine (C=N–C) groups is 1. The Balaban J connectivity index is 0.729. The molecule has 4 aromatic carbocycles. The lowest BCUT2D eigenvalue weighted by molar-refractivity contribution is -0.138. The number of rotatable bonds is 30. The number of nitrogens with zero attached hydrogens (tertiary/aromatic N) is 4. The number of benzene rings is 4. The van der Waals surface area contributed by atoms with E-state index in [0.29, 0.717) is 98.7 Å². The van der Waals surface area contributed by atoms with Crippen molar-refractivity contribution in [3.05, 3.63) is 119 Å². The number of carbonyl (C=O) groups is 8. The number of unbranched alkanes of at least 4 members (excludes halogenated alkanes) is 4. The lowest BCUT2D eigenvalue weighted by atomic mass is 9.89. The molecule has 1 fully saturated rings. The monoisotopic (exact) mass is 1230 g/mol. The highest BCUT2D eigenvalue weighted by molar-refractivity contribution is 8.00. The van der Waals surface area contributed by atoms with Gasteiger partial charge in [-0.3, -0.25) is 43.5 Å². The van der Waals surface area contributed by atoms with Crippen LogP contribution in [0.25, 0.3) is 11.1 Å². The second-order valence-corrected chi connectivity index (χ2v) is 24.8. The largest absolute Gasteiger partial charge is 0.497 e. The number of likely N-dealkylation sites (tertiary alicyclic amines) is 1. The van der Waals surface area contributed by atoms with Crippen LogP contribution in [0, 0.1) is 18.8 Å². The molecule has 4 aromatic rings. The van der Waals surface area contributed by atoms with E-state index in [1.54, 1.807) is 43.4 Å². The molecule has 5 atom stereocenters. The molecular formula is C68H82N8O12S. The van der Waals surface area contributed by atoms with Gasteiger partial charge in [0.05, 0.1) is 56.0 Å². The lowest BCUT2D eigenvalue weighted by Crippen LogP contribution is -2.45. The number of carbonyl (C=O) groups excluding carboxylic acids is 8. The third-order valence-electron chi connectivity index (χ3n) is 17.2. The zero-order valence-corrected chi connectivity index (χ0v) is 52.5. The first-order valence-electron chi connectivity index (χ1n) is 30.9. The molecule has 9 rings (SSSR count). The predicted octanol–water partition coefficient (Wildman–Crippen LogP) is 9.97. The predicted molar refractivity (Wildman–Crippen MR) is 342 cm³/mol. The number of hydrogen-bond donors (Lipinski definition) is 4. The van der Waals surface area contributed by atoms with E-state index in [1.807, 2.05) is 99.1 Å². The van der Waals surface area contributed by atoms with Crippen molar-refractivity contribution in [3.63, 3.8) is 0 Å². The second kappa shape index (κ2) is 30.2. The number of aryl methyl sites for hydroxylation is 2. The highest BCUT2D eigenvalue weighted by Crippen LogP contribution is 2.41. The fraction of sp³-hybridized carbons (Fsp3) is 0.456. The van der Waals surface area contributed by atoms with E-state index >= 15 is 0 Å². The van der Waals surface area contributed by atoms with Crippen molar-refractivity contribution in [3.8, 4) is 23.0 Å². The number of amides is 8. The summed E-state index contributed by atoms with van der Waals surface area (Å²) in [5.74, 6) is -0.0161. The Morgan fingerprint density at radius 1 is 0.753 bits per heavy atom. The van der Waals surface area contributed by atoms with Crippen LogP contribution in [0.15, 0.2) is 90.2 Å². The minimum absolute atomic E-state index is 0.0343. The number of methoxy groups -OCH3 is 2. The molecule has 0 spiro atoms. The molecule has 20 nitrogen and oxygen atoms in total. The Morgan fingerprint density at radius 2 is 1.44 bits per heavy atom. The smallest absolute Gasteiger partial charge is 0.312 e. The summed E-state index contributed by atoms with van der Waals surface area (Å²) in [5, 5.41) is 8.07. The van der Waals surface area contributed by atoms with Gasteiger partial charge in [0.15, 0.2) is 17.3 Å². The number of Topliss-reactive ketones (excluding diaryl/α,β-unsaturated/α-hetero) is 1. The van der Waals surface area contributed by atoms with Crippen LogP contribution in [-0.2, 0) is 30.4 Å². The third kappa shape index (κ3) is 16.1. The minimum Gasteiger partial charge on any atom is -0.497 e. The molecule has 89 heavy (non-hydrogen) atoms. The topological polar surface area (TPSA) is 258 Å². The number of urea groups is 1. The fourth-order valence-corrected chi connectivity index (χ4v) is 12.8. The van der Waals surface area contributed by atoms with Crippen LogP contribution >= 0.6 is 11.8 Å². The lowest BCUT2D eigenvalue weighted by Gasteiger charge is -2.24. The number of fused-ring (bicyclic) bond motifs is 4. The minimum atomic E-state index is -0.832. The molecule has 5 aliphatic heterocycles. The van der Waals surface area contributed by atoms with E-state index in [9.17, 15) is 38.4 Å². The summed E-state index contributed by atoms with van der Waals surface area (Å²) in [6, 6.07) is 20.9. The van der Waals surface area contributed by atoms with Crippen molar-refractivity contribution < 1.29 is 57.3 Å². The van der Waals surface area contributed by atoms with Crippen LogP contribution in [0.1, 0.15) is 147 Å². The molecule has 472 valence electrons. The zero-order chi connectivity index (χ0) is 63.3. The van der Waals surface area contributed by atoms with Crippen LogP contribution in [0.5, 0.6) is 23.0 Å². The molecule has 0 radical (unpaired) electrons. The van der Waals surface area contributed by atoms with Crippen LogP contribution in [-0.4, -0.2) is 138 Å². The summed E-state index contributed by atoms with van der Waals surface area (Å²) >= 11 is 1.37. The Hall–Kier alpha value is -8.46. The molecule has 5 aliphatic rings. The van der Waals surface area contributed by atoms with E-state index in [2.05, 4.69) is 16.0 Å². The summed E-state index contributed by atoms with van der Waals surface area (Å²) < 4.78 is 23.5. The Bertz CT molecular complexity index is 3400. The number of nitrogens with one attached hydrogen (secondary N) is 3. The van der Waals surface area contributed by atoms with E-state index < -0.39 is 18.0 Å². The normalized spacial score (nSPS) is 18.2. The summed E-state index contributed by atoms with van der Waals surface area (Å²) in [6.07, 6.45) is 15.3. The van der Waals surface area contributed by atoms with E-state index in [0.717, 1.165) is 70.6 Å². The summed E-state index contributed by atoms with van der Waals surface area (Å²) in [7, 11) is 3.19. The van der Waals surface area contributed by atoms with Crippen molar-refractivity contribution in [2.75, 3.05) is 52.1 Å². The van der Waals surface area contributed by atoms with Crippen LogP contribution in [0.3, 0.4) is 0 Å². The van der Waals surface area contributed by atoms with E-state index in [-0.39, 0.29) is 96.7 Å². The van der Waals surface area contributed by atoms with Gasteiger partial charge in [-0.15, -0.1) is 0 Å². The van der Waals surface area contributed by atoms with Gasteiger partial charge in [0.2, 0.25) is 23.6 Å². The number of ether oxygens (including phenoxy) is 4. The second-order valence-electron chi connectivity index (χ2n) is 23.7. The van der Waals surface area contributed by atoms with Crippen LogP contribution in [0.2, 0.25) is 0 Å². The van der Waals surface area contributed by atoms with Crippen molar-refractivity contribution in [1.29, 1.82) is 0 Å².